The van der Waals surface area contributed by atoms with Crippen LogP contribution in [0.4, 0.5) is 0 Å². The molecule has 1 fully saturated rings. The molecule has 0 spiro atoms. The van der Waals surface area contributed by atoms with Gasteiger partial charge in [-0.2, -0.15) is 0 Å². The van der Waals surface area contributed by atoms with Crippen molar-refractivity contribution in [2.24, 2.45) is 11.1 Å². The molecule has 2 unspecified atom stereocenters. The Morgan fingerprint density at radius 2 is 1.88 bits per heavy atom. The maximum atomic E-state index is 12.0. The molecule has 0 saturated carbocycles. The van der Waals surface area contributed by atoms with E-state index in [0.29, 0.717) is 18.6 Å². The molecule has 16 heavy (non-hydrogen) atoms. The fourth-order valence-corrected chi connectivity index (χ4v) is 2.00. The van der Waals surface area contributed by atoms with Gasteiger partial charge in [-0.3, -0.25) is 10.2 Å². The SMILES string of the molecule is CC1CCCC(C)N1NC(=O)C(C)(C)CN. The zero-order valence-electron chi connectivity index (χ0n) is 10.9. The summed E-state index contributed by atoms with van der Waals surface area (Å²) < 4.78 is 0. The number of hydrogen-bond donors (Lipinski definition) is 2. The molecule has 1 amide bonds. The minimum atomic E-state index is -0.489. The molecule has 4 heteroatoms. The standard InChI is InChI=1S/C12H25N3O/c1-9-6-5-7-10(2)15(9)14-11(16)12(3,4)8-13/h9-10H,5-8,13H2,1-4H3,(H,14,16). The van der Waals surface area contributed by atoms with Gasteiger partial charge in [-0.15, -0.1) is 0 Å². The third-order valence-electron chi connectivity index (χ3n) is 3.55. The van der Waals surface area contributed by atoms with E-state index in [4.69, 9.17) is 5.73 Å². The Kier molecular flexibility index (Phi) is 4.33. The molecule has 1 aliphatic heterocycles. The Hall–Kier alpha value is -0.610. The van der Waals surface area contributed by atoms with E-state index in [2.05, 4.69) is 24.3 Å². The first-order valence-electron chi connectivity index (χ1n) is 6.18. The normalized spacial score (nSPS) is 27.8. The van der Waals surface area contributed by atoms with Crippen LogP contribution in [0, 0.1) is 5.41 Å². The van der Waals surface area contributed by atoms with Crippen molar-refractivity contribution in [3.8, 4) is 0 Å². The van der Waals surface area contributed by atoms with Crippen LogP contribution in [0.5, 0.6) is 0 Å². The molecular weight excluding hydrogens is 202 g/mol. The van der Waals surface area contributed by atoms with Gasteiger partial charge >= 0.3 is 0 Å². The molecule has 2 atom stereocenters. The fourth-order valence-electron chi connectivity index (χ4n) is 2.00. The Morgan fingerprint density at radius 1 is 1.38 bits per heavy atom. The van der Waals surface area contributed by atoms with Gasteiger partial charge in [0.15, 0.2) is 0 Å². The molecule has 94 valence electrons. The number of nitrogens with one attached hydrogen (secondary N) is 1. The molecule has 0 radical (unpaired) electrons. The largest absolute Gasteiger partial charge is 0.329 e. The van der Waals surface area contributed by atoms with Gasteiger partial charge in [0.2, 0.25) is 5.91 Å². The zero-order chi connectivity index (χ0) is 12.3. The number of nitrogens with zero attached hydrogens (tertiary/aromatic N) is 1. The van der Waals surface area contributed by atoms with Crippen LogP contribution >= 0.6 is 0 Å². The van der Waals surface area contributed by atoms with Crippen LogP contribution < -0.4 is 11.2 Å². The summed E-state index contributed by atoms with van der Waals surface area (Å²) in [6.07, 6.45) is 3.54. The van der Waals surface area contributed by atoms with Crippen molar-refractivity contribution < 1.29 is 4.79 Å². The number of amides is 1. The van der Waals surface area contributed by atoms with Crippen molar-refractivity contribution in [1.82, 2.24) is 10.4 Å². The minimum Gasteiger partial charge on any atom is -0.329 e. The van der Waals surface area contributed by atoms with Crippen LogP contribution in [-0.2, 0) is 4.79 Å². The third kappa shape index (κ3) is 2.95. The van der Waals surface area contributed by atoms with Crippen molar-refractivity contribution in [1.29, 1.82) is 0 Å². The lowest BCUT2D eigenvalue weighted by Crippen LogP contribution is -2.57. The van der Waals surface area contributed by atoms with Crippen molar-refractivity contribution in [2.75, 3.05) is 6.54 Å². The number of nitrogens with two attached hydrogens (primary N) is 1. The number of hydrazine groups is 1. The smallest absolute Gasteiger partial charge is 0.241 e. The van der Waals surface area contributed by atoms with Gasteiger partial charge in [0.1, 0.15) is 0 Å². The second-order valence-corrected chi connectivity index (χ2v) is 5.57. The molecule has 4 nitrogen and oxygen atoms in total. The summed E-state index contributed by atoms with van der Waals surface area (Å²) in [6.45, 7) is 8.44. The van der Waals surface area contributed by atoms with Crippen LogP contribution in [0.15, 0.2) is 0 Å². The topological polar surface area (TPSA) is 58.4 Å². The zero-order valence-corrected chi connectivity index (χ0v) is 10.9. The minimum absolute atomic E-state index is 0.0237. The maximum Gasteiger partial charge on any atom is 0.241 e. The molecule has 1 rings (SSSR count). The number of hydrogen-bond acceptors (Lipinski definition) is 3. The number of piperidine rings is 1. The van der Waals surface area contributed by atoms with Crippen molar-refractivity contribution >= 4 is 5.91 Å². The van der Waals surface area contributed by atoms with E-state index in [1.807, 2.05) is 13.8 Å². The number of carbonyl (C=O) groups is 1. The van der Waals surface area contributed by atoms with E-state index >= 15 is 0 Å². The Bertz CT molecular complexity index is 243. The highest BCUT2D eigenvalue weighted by Gasteiger charge is 2.31. The summed E-state index contributed by atoms with van der Waals surface area (Å²) >= 11 is 0. The van der Waals surface area contributed by atoms with Crippen molar-refractivity contribution in [2.45, 2.75) is 59.0 Å². The summed E-state index contributed by atoms with van der Waals surface area (Å²) in [5.41, 5.74) is 8.14. The van der Waals surface area contributed by atoms with Gasteiger partial charge in [-0.05, 0) is 40.5 Å². The average molecular weight is 227 g/mol. The lowest BCUT2D eigenvalue weighted by Gasteiger charge is -2.40. The quantitative estimate of drug-likeness (QED) is 0.763. The monoisotopic (exact) mass is 227 g/mol. The second kappa shape index (κ2) is 5.15. The molecule has 1 saturated heterocycles. The second-order valence-electron chi connectivity index (χ2n) is 5.57. The molecule has 0 bridgehead atoms. The van der Waals surface area contributed by atoms with Crippen molar-refractivity contribution in [3.63, 3.8) is 0 Å². The van der Waals surface area contributed by atoms with E-state index in [1.54, 1.807) is 0 Å². The summed E-state index contributed by atoms with van der Waals surface area (Å²) in [5, 5.41) is 2.09. The van der Waals surface area contributed by atoms with E-state index in [0.717, 1.165) is 12.8 Å². The molecule has 3 N–H and O–H groups in total. The first kappa shape index (κ1) is 13.5. The lowest BCUT2D eigenvalue weighted by molar-refractivity contribution is -0.137. The average Bonchev–Trinajstić information content (AvgIpc) is 2.23. The van der Waals surface area contributed by atoms with Gasteiger partial charge in [0, 0.05) is 18.6 Å². The van der Waals surface area contributed by atoms with Crippen molar-refractivity contribution in [3.05, 3.63) is 0 Å². The first-order valence-corrected chi connectivity index (χ1v) is 6.18. The van der Waals surface area contributed by atoms with E-state index in [1.165, 1.54) is 6.42 Å². The van der Waals surface area contributed by atoms with Crippen LogP contribution in [0.3, 0.4) is 0 Å². The van der Waals surface area contributed by atoms with Gasteiger partial charge in [-0.1, -0.05) is 6.42 Å². The molecule has 1 heterocycles. The van der Waals surface area contributed by atoms with E-state index < -0.39 is 5.41 Å². The Morgan fingerprint density at radius 3 is 2.31 bits per heavy atom. The molecule has 0 aromatic heterocycles. The van der Waals surface area contributed by atoms with Gasteiger partial charge < -0.3 is 5.73 Å². The van der Waals surface area contributed by atoms with Crippen LogP contribution in [-0.4, -0.2) is 29.5 Å². The Labute approximate surface area is 98.5 Å². The molecule has 0 aliphatic carbocycles. The van der Waals surface area contributed by atoms with Crippen LogP contribution in [0.25, 0.3) is 0 Å². The van der Waals surface area contributed by atoms with Crippen LogP contribution in [0.1, 0.15) is 47.0 Å². The lowest BCUT2D eigenvalue weighted by atomic mass is 9.92. The summed E-state index contributed by atoms with van der Waals surface area (Å²) in [6, 6.07) is 0.836. The van der Waals surface area contributed by atoms with Gasteiger partial charge in [0.05, 0.1) is 5.41 Å². The first-order chi connectivity index (χ1) is 7.38. The van der Waals surface area contributed by atoms with E-state index in [9.17, 15) is 4.79 Å². The van der Waals surface area contributed by atoms with Crippen LogP contribution in [0.2, 0.25) is 0 Å². The fraction of sp³-hybridized carbons (Fsp3) is 0.917. The molecular formula is C12H25N3O. The Balaban J connectivity index is 2.61. The summed E-state index contributed by atoms with van der Waals surface area (Å²) in [7, 11) is 0. The predicted molar refractivity (Wildman–Crippen MR) is 65.6 cm³/mol. The predicted octanol–water partition coefficient (Wildman–Crippen LogP) is 1.27. The highest BCUT2D eigenvalue weighted by molar-refractivity contribution is 5.81. The molecule has 0 aromatic rings. The summed E-state index contributed by atoms with van der Waals surface area (Å²) in [5.74, 6) is 0.0237. The van der Waals surface area contributed by atoms with E-state index in [-0.39, 0.29) is 5.91 Å². The molecule has 1 aliphatic rings. The highest BCUT2D eigenvalue weighted by Crippen LogP contribution is 2.21. The van der Waals surface area contributed by atoms with Gasteiger partial charge in [0.25, 0.3) is 0 Å². The summed E-state index contributed by atoms with van der Waals surface area (Å²) in [4.78, 5) is 12.0. The molecule has 0 aromatic carbocycles. The number of rotatable bonds is 3. The highest BCUT2D eigenvalue weighted by atomic mass is 16.2. The van der Waals surface area contributed by atoms with Gasteiger partial charge in [-0.25, -0.2) is 5.01 Å². The number of carbonyl (C=O) groups excluding carboxylic acids is 1. The maximum absolute atomic E-state index is 12.0. The third-order valence-corrected chi connectivity index (χ3v) is 3.55.